The maximum atomic E-state index is 14.3. The van der Waals surface area contributed by atoms with Crippen LogP contribution < -0.4 is 10.6 Å². The summed E-state index contributed by atoms with van der Waals surface area (Å²) in [7, 11) is 1.37. The molecule has 2 aliphatic rings. The molecule has 0 aliphatic carbocycles. The average molecular weight is 961 g/mol. The van der Waals surface area contributed by atoms with Crippen LogP contribution in [0.15, 0.2) is 71.2 Å². The number of aliphatic hydroxyl groups is 1. The lowest BCUT2D eigenvalue weighted by atomic mass is 9.85. The number of ether oxygens (including phenoxy) is 1. The van der Waals surface area contributed by atoms with E-state index in [1.54, 1.807) is 34.0 Å². The molecule has 2 aliphatic heterocycles. The van der Waals surface area contributed by atoms with E-state index in [0.29, 0.717) is 12.2 Å². The van der Waals surface area contributed by atoms with Gasteiger partial charge in [0.25, 0.3) is 0 Å². The number of methoxy groups -OCH3 is 1. The third kappa shape index (κ3) is 9.91. The quantitative estimate of drug-likeness (QED) is 0.0963. The van der Waals surface area contributed by atoms with Gasteiger partial charge in [-0.1, -0.05) is 69.3 Å². The smallest absolute Gasteiger partial charge is 0.308 e. The van der Waals surface area contributed by atoms with Gasteiger partial charge < -0.3 is 25.4 Å². The summed E-state index contributed by atoms with van der Waals surface area (Å²) < 4.78 is 7.05. The lowest BCUT2D eigenvalue weighted by molar-refractivity contribution is -0.144. The minimum absolute atomic E-state index is 0.00266. The van der Waals surface area contributed by atoms with E-state index in [1.165, 1.54) is 12.0 Å². The number of fused-ring (bicyclic) bond motifs is 3. The normalized spacial score (nSPS) is 17.8. The molecule has 350 valence electrons. The summed E-state index contributed by atoms with van der Waals surface area (Å²) in [5, 5.41) is 26.6. The monoisotopic (exact) mass is 960 g/mol. The van der Waals surface area contributed by atoms with Crippen LogP contribution in [0.2, 0.25) is 0 Å². The number of esters is 1. The maximum Gasteiger partial charge on any atom is 0.308 e. The number of benzene rings is 2. The fraction of sp³-hybridized carbons (Fsp3) is 0.400. The number of aliphatic imine (C=N–C) groups is 1. The van der Waals surface area contributed by atoms with Crippen molar-refractivity contribution in [3.63, 3.8) is 0 Å². The molecule has 1 fully saturated rings. The molecule has 3 N–H and O–H groups in total. The van der Waals surface area contributed by atoms with Crippen molar-refractivity contribution in [3.05, 3.63) is 116 Å². The number of thiophene rings is 2. The van der Waals surface area contributed by atoms with Crippen molar-refractivity contribution in [2.45, 2.75) is 111 Å². The summed E-state index contributed by atoms with van der Waals surface area (Å²) in [5.74, 6) is -0.0932. The summed E-state index contributed by atoms with van der Waals surface area (Å²) in [4.78, 5) is 69.5. The molecule has 1 saturated heterocycles. The van der Waals surface area contributed by atoms with Crippen molar-refractivity contribution < 1.29 is 29.0 Å². The Hall–Kier alpha value is -5.88. The molecular formula is C50H56N8O6S3. The molecule has 14 nitrogen and oxygen atoms in total. The number of aryl methyl sites for hydroxylation is 4. The van der Waals surface area contributed by atoms with E-state index < -0.39 is 35.6 Å². The Labute approximate surface area is 402 Å². The zero-order chi connectivity index (χ0) is 47.9. The van der Waals surface area contributed by atoms with E-state index in [9.17, 15) is 24.3 Å². The van der Waals surface area contributed by atoms with Crippen molar-refractivity contribution in [1.29, 1.82) is 0 Å². The molecule has 67 heavy (non-hydrogen) atoms. The van der Waals surface area contributed by atoms with Gasteiger partial charge in [0.15, 0.2) is 5.82 Å². The SMILES string of the molecule is COC(=O)C[C@@H]1N=C(c2ccc(-c3ccc(CCC(=O)NC(C(=O)N4C[C@H](O)C[C@H]4C(=O)N[C@@H](C)c4ccc(-c5scnc5C)cc4)C(C)(C)C)s3)cc2)c2c(sc(C)c2C)-n2c(C)nnc21. The molecule has 6 heterocycles. The Morgan fingerprint density at radius 2 is 1.61 bits per heavy atom. The predicted molar refractivity (Wildman–Crippen MR) is 263 cm³/mol. The Balaban J connectivity index is 0.915. The molecule has 6 aromatic rings. The van der Waals surface area contributed by atoms with Crippen LogP contribution in [0.25, 0.3) is 25.9 Å². The van der Waals surface area contributed by atoms with Crippen molar-refractivity contribution in [3.8, 4) is 25.9 Å². The highest BCUT2D eigenvalue weighted by atomic mass is 32.1. The van der Waals surface area contributed by atoms with Crippen molar-refractivity contribution in [2.75, 3.05) is 13.7 Å². The van der Waals surface area contributed by atoms with Gasteiger partial charge in [-0.25, -0.2) is 4.98 Å². The van der Waals surface area contributed by atoms with Gasteiger partial charge in [-0.05, 0) is 80.8 Å². The zero-order valence-corrected chi connectivity index (χ0v) is 41.6. The number of carbonyl (C=O) groups is 4. The largest absolute Gasteiger partial charge is 0.469 e. The molecule has 4 aromatic heterocycles. The summed E-state index contributed by atoms with van der Waals surface area (Å²) in [5.41, 5.74) is 8.87. The number of amides is 3. The molecule has 17 heteroatoms. The molecule has 1 unspecified atom stereocenters. The number of hydrogen-bond donors (Lipinski definition) is 3. The number of aromatic nitrogens is 4. The number of aliphatic hydroxyl groups excluding tert-OH is 1. The number of β-amino-alcohol motifs (C(OH)–C–C–N with tert-alkyl or cyclic N) is 1. The van der Waals surface area contributed by atoms with Gasteiger partial charge in [0, 0.05) is 45.1 Å². The van der Waals surface area contributed by atoms with E-state index in [1.807, 2.05) is 100 Å². The molecule has 3 amide bonds. The van der Waals surface area contributed by atoms with Crippen molar-refractivity contribution >= 4 is 63.4 Å². The van der Waals surface area contributed by atoms with Gasteiger partial charge in [-0.15, -0.1) is 44.2 Å². The number of carbonyl (C=O) groups excluding carboxylic acids is 4. The van der Waals surface area contributed by atoms with Crippen molar-refractivity contribution in [2.24, 2.45) is 10.4 Å². The van der Waals surface area contributed by atoms with Crippen LogP contribution in [-0.4, -0.2) is 91.0 Å². The first-order valence-corrected chi connectivity index (χ1v) is 24.9. The molecular weight excluding hydrogens is 905 g/mol. The second-order valence-electron chi connectivity index (χ2n) is 18.4. The minimum Gasteiger partial charge on any atom is -0.469 e. The van der Waals surface area contributed by atoms with Gasteiger partial charge in [-0.2, -0.15) is 0 Å². The second-order valence-corrected chi connectivity index (χ2v) is 21.6. The molecule has 0 radical (unpaired) electrons. The molecule has 0 saturated carbocycles. The highest BCUT2D eigenvalue weighted by Crippen LogP contribution is 2.40. The van der Waals surface area contributed by atoms with Gasteiger partial charge in [0.05, 0.1) is 47.5 Å². The van der Waals surface area contributed by atoms with Crippen LogP contribution in [0.3, 0.4) is 0 Å². The molecule has 8 rings (SSSR count). The Bertz CT molecular complexity index is 2850. The number of hydrogen-bond acceptors (Lipinski definition) is 13. The van der Waals surface area contributed by atoms with Crippen LogP contribution in [0, 0.1) is 33.1 Å². The summed E-state index contributed by atoms with van der Waals surface area (Å²) in [6.07, 6.45) is -0.112. The van der Waals surface area contributed by atoms with Crippen molar-refractivity contribution in [1.82, 2.24) is 35.3 Å². The van der Waals surface area contributed by atoms with E-state index in [-0.39, 0.29) is 49.6 Å². The van der Waals surface area contributed by atoms with E-state index in [0.717, 1.165) is 75.1 Å². The standard InChI is InChI=1S/C50H56N8O6S3/c1-26-29(4)66-49-42(26)43(53-37(23-41(61)64-9)46-56-55-30(5)58(46)49)33-14-12-32(13-15-33)39-20-18-36(67-39)19-21-40(60)54-45(50(6,7)8)48(63)57-24-35(59)22-38(57)47(62)52-27(2)31-10-16-34(17-11-31)44-28(3)51-25-65-44/h10-18,20,25,27,35,37-38,45,59H,19,21-24H2,1-9H3,(H,52,62)(H,54,60)/t27-,35+,37-,38-,45?/m0/s1. The number of likely N-dealkylation sites (tertiary alicyclic amines) is 1. The first-order chi connectivity index (χ1) is 31.9. The zero-order valence-electron chi connectivity index (χ0n) is 39.2. The van der Waals surface area contributed by atoms with Gasteiger partial charge in [0.2, 0.25) is 17.7 Å². The Morgan fingerprint density at radius 1 is 0.910 bits per heavy atom. The number of nitrogens with one attached hydrogen (secondary N) is 2. The fourth-order valence-electron chi connectivity index (χ4n) is 8.71. The third-order valence-corrected chi connectivity index (χ3v) is 16.0. The van der Waals surface area contributed by atoms with Gasteiger partial charge in [-0.3, -0.25) is 28.7 Å². The highest BCUT2D eigenvalue weighted by molar-refractivity contribution is 7.15. The lowest BCUT2D eigenvalue weighted by Crippen LogP contribution is -2.57. The number of rotatable bonds is 13. The van der Waals surface area contributed by atoms with E-state index in [4.69, 9.17) is 9.73 Å². The van der Waals surface area contributed by atoms with Crippen LogP contribution in [-0.2, 0) is 30.3 Å². The van der Waals surface area contributed by atoms with E-state index in [2.05, 4.69) is 51.8 Å². The predicted octanol–water partition coefficient (Wildman–Crippen LogP) is 8.17. The van der Waals surface area contributed by atoms with Crippen LogP contribution in [0.1, 0.15) is 108 Å². The van der Waals surface area contributed by atoms with Crippen LogP contribution >= 0.6 is 34.0 Å². The van der Waals surface area contributed by atoms with Crippen LogP contribution in [0.4, 0.5) is 0 Å². The number of nitrogens with zero attached hydrogens (tertiary/aromatic N) is 6. The van der Waals surface area contributed by atoms with Crippen LogP contribution in [0.5, 0.6) is 0 Å². The minimum atomic E-state index is -0.924. The average Bonchev–Trinajstić information content (AvgIpc) is 4.15. The topological polar surface area (TPSA) is 181 Å². The van der Waals surface area contributed by atoms with Gasteiger partial charge >= 0.3 is 5.97 Å². The van der Waals surface area contributed by atoms with E-state index >= 15 is 0 Å². The molecule has 2 aromatic carbocycles. The molecule has 5 atom stereocenters. The first-order valence-electron chi connectivity index (χ1n) is 22.4. The summed E-state index contributed by atoms with van der Waals surface area (Å²) in [6.45, 7) is 15.6. The summed E-state index contributed by atoms with van der Waals surface area (Å²) >= 11 is 4.84. The second kappa shape index (κ2) is 19.4. The Morgan fingerprint density at radius 3 is 2.28 bits per heavy atom. The molecule has 0 bridgehead atoms. The third-order valence-electron chi connectivity index (χ3n) is 12.6. The van der Waals surface area contributed by atoms with Gasteiger partial charge in [0.1, 0.15) is 29.0 Å². The first kappa shape index (κ1) is 47.6. The Kier molecular flexibility index (Phi) is 13.8. The highest BCUT2D eigenvalue weighted by Gasteiger charge is 2.45. The maximum absolute atomic E-state index is 14.3. The summed E-state index contributed by atoms with van der Waals surface area (Å²) in [6, 6.07) is 17.5. The fourth-order valence-corrected chi connectivity index (χ4v) is 11.7. The molecule has 0 spiro atoms. The number of thiazole rings is 1. The lowest BCUT2D eigenvalue weighted by Gasteiger charge is -2.35.